The fourth-order valence-electron chi connectivity index (χ4n) is 2.55. The molecule has 3 nitrogen and oxygen atoms in total. The molecule has 0 spiro atoms. The number of Topliss-reactive ketones (excluding diaryl/α,β-unsaturated/α-hetero) is 1. The third-order valence-corrected chi connectivity index (χ3v) is 4.02. The zero-order valence-corrected chi connectivity index (χ0v) is 11.9. The fraction of sp³-hybridized carbons (Fsp3) is 0.692. The topological polar surface area (TPSA) is 34.9 Å². The largest absolute Gasteiger partial charge is 0.292 e. The van der Waals surface area contributed by atoms with Gasteiger partial charge < -0.3 is 0 Å². The lowest BCUT2D eigenvalue weighted by Gasteiger charge is -2.20. The molecule has 1 aromatic heterocycles. The molecule has 2 rings (SSSR count). The predicted octanol–water partition coefficient (Wildman–Crippen LogP) is 3.82. The van der Waals surface area contributed by atoms with Crippen LogP contribution in [0.4, 0.5) is 0 Å². The van der Waals surface area contributed by atoms with Crippen molar-refractivity contribution in [2.75, 3.05) is 0 Å². The number of halogens is 1. The van der Waals surface area contributed by atoms with E-state index in [-0.39, 0.29) is 11.7 Å². The fourth-order valence-corrected chi connectivity index (χ4v) is 3.04. The summed E-state index contributed by atoms with van der Waals surface area (Å²) in [5.74, 6) is 0.495. The lowest BCUT2D eigenvalue weighted by atomic mass is 9.85. The SMILES string of the molecule is CCCn1ncc(Br)c1C(=O)C1CCCCC1. The van der Waals surface area contributed by atoms with Crippen LogP contribution in [0.2, 0.25) is 0 Å². The Bertz CT molecular complexity index is 394. The first kappa shape index (κ1) is 12.8. The van der Waals surface area contributed by atoms with Crippen LogP contribution in [0.25, 0.3) is 0 Å². The van der Waals surface area contributed by atoms with Crippen molar-refractivity contribution >= 4 is 21.7 Å². The van der Waals surface area contributed by atoms with E-state index < -0.39 is 0 Å². The molecule has 1 aliphatic rings. The van der Waals surface area contributed by atoms with Crippen molar-refractivity contribution in [3.05, 3.63) is 16.4 Å². The third kappa shape index (κ3) is 2.79. The van der Waals surface area contributed by atoms with Crippen LogP contribution >= 0.6 is 15.9 Å². The molecule has 0 aromatic carbocycles. The quantitative estimate of drug-likeness (QED) is 0.792. The molecule has 0 aliphatic heterocycles. The van der Waals surface area contributed by atoms with Crippen LogP contribution in [-0.2, 0) is 6.54 Å². The average Bonchev–Trinajstić information content (AvgIpc) is 2.71. The van der Waals surface area contributed by atoms with Gasteiger partial charge >= 0.3 is 0 Å². The number of rotatable bonds is 4. The van der Waals surface area contributed by atoms with Crippen molar-refractivity contribution in [2.45, 2.75) is 52.0 Å². The van der Waals surface area contributed by atoms with Gasteiger partial charge in [-0.1, -0.05) is 26.2 Å². The van der Waals surface area contributed by atoms with Crippen LogP contribution in [0, 0.1) is 5.92 Å². The summed E-state index contributed by atoms with van der Waals surface area (Å²) in [6.45, 7) is 2.92. The molecule has 1 aromatic rings. The molecular formula is C13H19BrN2O. The number of aryl methyl sites for hydroxylation is 1. The van der Waals surface area contributed by atoms with E-state index in [1.807, 2.05) is 4.68 Å². The molecule has 0 radical (unpaired) electrons. The number of carbonyl (C=O) groups is 1. The summed E-state index contributed by atoms with van der Waals surface area (Å²) in [5, 5.41) is 4.27. The lowest BCUT2D eigenvalue weighted by Crippen LogP contribution is -2.21. The molecule has 1 fully saturated rings. The van der Waals surface area contributed by atoms with Crippen molar-refractivity contribution < 1.29 is 4.79 Å². The van der Waals surface area contributed by atoms with E-state index >= 15 is 0 Å². The van der Waals surface area contributed by atoms with E-state index in [0.29, 0.717) is 0 Å². The molecule has 1 saturated carbocycles. The Kier molecular flexibility index (Phi) is 4.37. The maximum atomic E-state index is 12.5. The van der Waals surface area contributed by atoms with Crippen molar-refractivity contribution in [1.29, 1.82) is 0 Å². The minimum atomic E-state index is 0.215. The number of carbonyl (C=O) groups excluding carboxylic acids is 1. The first-order valence-corrected chi connectivity index (χ1v) is 7.29. The Balaban J connectivity index is 2.19. The van der Waals surface area contributed by atoms with Crippen molar-refractivity contribution in [3.8, 4) is 0 Å². The van der Waals surface area contributed by atoms with Gasteiger partial charge in [0.05, 0.1) is 10.7 Å². The van der Waals surface area contributed by atoms with Crippen LogP contribution in [0.3, 0.4) is 0 Å². The van der Waals surface area contributed by atoms with Crippen LogP contribution in [0.1, 0.15) is 55.9 Å². The van der Waals surface area contributed by atoms with Crippen molar-refractivity contribution in [1.82, 2.24) is 9.78 Å². The van der Waals surface area contributed by atoms with Gasteiger partial charge in [0.15, 0.2) is 5.78 Å². The molecular weight excluding hydrogens is 280 g/mol. The molecule has 0 bridgehead atoms. The molecule has 4 heteroatoms. The summed E-state index contributed by atoms with van der Waals surface area (Å²) in [7, 11) is 0. The summed E-state index contributed by atoms with van der Waals surface area (Å²) in [4.78, 5) is 12.5. The second-order valence-electron chi connectivity index (χ2n) is 4.76. The van der Waals surface area contributed by atoms with Gasteiger partial charge in [-0.05, 0) is 35.2 Å². The zero-order chi connectivity index (χ0) is 12.3. The zero-order valence-electron chi connectivity index (χ0n) is 10.3. The van der Waals surface area contributed by atoms with Gasteiger partial charge in [0.2, 0.25) is 0 Å². The van der Waals surface area contributed by atoms with Crippen molar-refractivity contribution in [3.63, 3.8) is 0 Å². The summed E-state index contributed by atoms with van der Waals surface area (Å²) >= 11 is 3.45. The molecule has 94 valence electrons. The summed E-state index contributed by atoms with van der Waals surface area (Å²) < 4.78 is 2.70. The van der Waals surface area contributed by atoms with E-state index in [0.717, 1.165) is 36.0 Å². The minimum Gasteiger partial charge on any atom is -0.292 e. The van der Waals surface area contributed by atoms with Gasteiger partial charge in [0, 0.05) is 12.5 Å². The Morgan fingerprint density at radius 3 is 2.82 bits per heavy atom. The second-order valence-corrected chi connectivity index (χ2v) is 5.62. The molecule has 0 amide bonds. The Morgan fingerprint density at radius 2 is 2.18 bits per heavy atom. The highest BCUT2D eigenvalue weighted by Crippen LogP contribution is 2.29. The van der Waals surface area contributed by atoms with Crippen LogP contribution in [0.5, 0.6) is 0 Å². The smallest absolute Gasteiger partial charge is 0.185 e. The molecule has 0 N–H and O–H groups in total. The monoisotopic (exact) mass is 298 g/mol. The number of ketones is 1. The van der Waals surface area contributed by atoms with Gasteiger partial charge in [-0.25, -0.2) is 0 Å². The number of hydrogen-bond acceptors (Lipinski definition) is 2. The van der Waals surface area contributed by atoms with Gasteiger partial charge in [0.1, 0.15) is 5.69 Å². The Hall–Kier alpha value is -0.640. The van der Waals surface area contributed by atoms with Crippen LogP contribution < -0.4 is 0 Å². The normalized spacial score (nSPS) is 17.3. The molecule has 0 saturated heterocycles. The van der Waals surface area contributed by atoms with E-state index in [1.165, 1.54) is 19.3 Å². The first-order valence-electron chi connectivity index (χ1n) is 6.49. The van der Waals surface area contributed by atoms with Crippen LogP contribution in [0.15, 0.2) is 10.7 Å². The Morgan fingerprint density at radius 1 is 1.47 bits per heavy atom. The maximum Gasteiger partial charge on any atom is 0.185 e. The van der Waals surface area contributed by atoms with Gasteiger partial charge in [-0.2, -0.15) is 5.10 Å². The standard InChI is InChI=1S/C13H19BrN2O/c1-2-8-16-12(11(14)9-15-16)13(17)10-6-4-3-5-7-10/h9-10H,2-8H2,1H3. The second kappa shape index (κ2) is 5.80. The summed E-state index contributed by atoms with van der Waals surface area (Å²) in [5.41, 5.74) is 0.777. The molecule has 0 unspecified atom stereocenters. The minimum absolute atomic E-state index is 0.215. The summed E-state index contributed by atoms with van der Waals surface area (Å²) in [6.07, 6.45) is 8.49. The predicted molar refractivity (Wildman–Crippen MR) is 71.1 cm³/mol. The van der Waals surface area contributed by atoms with E-state index in [4.69, 9.17) is 0 Å². The molecule has 1 heterocycles. The first-order chi connectivity index (χ1) is 8.24. The lowest BCUT2D eigenvalue weighted by molar-refractivity contribution is 0.0877. The third-order valence-electron chi connectivity index (χ3n) is 3.44. The highest BCUT2D eigenvalue weighted by atomic mass is 79.9. The number of nitrogens with zero attached hydrogens (tertiary/aromatic N) is 2. The van der Waals surface area contributed by atoms with Gasteiger partial charge in [0.25, 0.3) is 0 Å². The number of aromatic nitrogens is 2. The molecule has 1 aliphatic carbocycles. The highest BCUT2D eigenvalue weighted by molar-refractivity contribution is 9.10. The summed E-state index contributed by atoms with van der Waals surface area (Å²) in [6, 6.07) is 0. The Labute approximate surface area is 111 Å². The van der Waals surface area contributed by atoms with Crippen LogP contribution in [-0.4, -0.2) is 15.6 Å². The van der Waals surface area contributed by atoms with Gasteiger partial charge in [-0.3, -0.25) is 9.48 Å². The van der Waals surface area contributed by atoms with E-state index in [2.05, 4.69) is 28.0 Å². The number of hydrogen-bond donors (Lipinski definition) is 0. The molecule has 0 atom stereocenters. The average molecular weight is 299 g/mol. The molecule has 17 heavy (non-hydrogen) atoms. The van der Waals surface area contributed by atoms with Crippen molar-refractivity contribution in [2.24, 2.45) is 5.92 Å². The van der Waals surface area contributed by atoms with E-state index in [1.54, 1.807) is 6.20 Å². The van der Waals surface area contributed by atoms with E-state index in [9.17, 15) is 4.79 Å². The maximum absolute atomic E-state index is 12.5. The van der Waals surface area contributed by atoms with Gasteiger partial charge in [-0.15, -0.1) is 0 Å². The highest BCUT2D eigenvalue weighted by Gasteiger charge is 2.26.